The van der Waals surface area contributed by atoms with E-state index in [9.17, 15) is 9.59 Å². The minimum Gasteiger partial charge on any atom is -0.370 e. The lowest BCUT2D eigenvalue weighted by atomic mass is 10.0. The van der Waals surface area contributed by atoms with E-state index < -0.39 is 0 Å². The Hall–Kier alpha value is -2.55. The number of fused-ring (bicyclic) bond motifs is 3. The maximum absolute atomic E-state index is 13.0. The molecule has 1 saturated heterocycles. The molecular formula is C20H19Cl2N5O3. The van der Waals surface area contributed by atoms with E-state index in [0.29, 0.717) is 42.8 Å². The third-order valence-corrected chi connectivity index (χ3v) is 6.50. The number of benzene rings is 1. The molecule has 2 aromatic heterocycles. The van der Waals surface area contributed by atoms with Gasteiger partial charge in [0.1, 0.15) is 6.61 Å². The Morgan fingerprint density at radius 3 is 2.87 bits per heavy atom. The summed E-state index contributed by atoms with van der Waals surface area (Å²) >= 11 is 12.9. The molecule has 8 nitrogen and oxygen atoms in total. The molecule has 2 aliphatic rings. The Kier molecular flexibility index (Phi) is 4.92. The van der Waals surface area contributed by atoms with Crippen LogP contribution in [0, 0.1) is 0 Å². The summed E-state index contributed by atoms with van der Waals surface area (Å²) < 4.78 is 7.28. The van der Waals surface area contributed by atoms with Gasteiger partial charge in [0.15, 0.2) is 0 Å². The summed E-state index contributed by atoms with van der Waals surface area (Å²) in [5.74, 6) is -0.231. The van der Waals surface area contributed by atoms with Crippen LogP contribution in [0.15, 0.2) is 24.5 Å². The highest BCUT2D eigenvalue weighted by atomic mass is 35.5. The van der Waals surface area contributed by atoms with E-state index in [-0.39, 0.29) is 25.0 Å². The molecule has 0 unspecified atom stereocenters. The summed E-state index contributed by atoms with van der Waals surface area (Å²) in [5, 5.41) is 8.90. The number of halogens is 2. The van der Waals surface area contributed by atoms with Crippen LogP contribution >= 0.6 is 23.2 Å². The van der Waals surface area contributed by atoms with Gasteiger partial charge in [-0.25, -0.2) is 0 Å². The van der Waals surface area contributed by atoms with E-state index in [1.807, 2.05) is 12.3 Å². The number of hydrogen-bond donors (Lipinski definition) is 1. The topological polar surface area (TPSA) is 83.5 Å². The van der Waals surface area contributed by atoms with Crippen molar-refractivity contribution in [3.05, 3.63) is 40.3 Å². The number of H-pyrrole nitrogens is 1. The second kappa shape index (κ2) is 7.61. The molecule has 156 valence electrons. The number of nitrogens with zero attached hydrogens (tertiary/aromatic N) is 4. The molecular weight excluding hydrogens is 429 g/mol. The number of carbonyl (C=O) groups excluding carboxylic acids is 2. The Labute approximate surface area is 182 Å². The first-order valence-electron chi connectivity index (χ1n) is 9.66. The molecule has 10 heteroatoms. The van der Waals surface area contributed by atoms with Gasteiger partial charge in [-0.2, -0.15) is 5.10 Å². The molecule has 0 atom stereocenters. The smallest absolute Gasteiger partial charge is 0.249 e. The fraction of sp³-hybridized carbons (Fsp3) is 0.350. The minimum atomic E-state index is -0.152. The summed E-state index contributed by atoms with van der Waals surface area (Å²) in [5.41, 5.74) is 3.75. The molecule has 0 aliphatic carbocycles. The summed E-state index contributed by atoms with van der Waals surface area (Å²) in [6, 6.07) is 3.74. The molecule has 0 saturated carbocycles. The van der Waals surface area contributed by atoms with Crippen molar-refractivity contribution in [2.75, 3.05) is 32.8 Å². The summed E-state index contributed by atoms with van der Waals surface area (Å²) in [6.07, 6.45) is 3.58. The standard InChI is InChI=1S/C20H19Cl2N5O3/c21-14-2-1-13-18(12-7-23-24-8-12)15-9-25(3-4-27(15)20(13)19(14)22)16(28)10-26-5-6-30-11-17(26)29/h1-2,7-8H,3-6,9-11H2,(H,23,24). The number of ether oxygens (including phenoxy) is 1. The number of rotatable bonds is 3. The highest BCUT2D eigenvalue weighted by Gasteiger charge is 2.30. The van der Waals surface area contributed by atoms with Gasteiger partial charge in [-0.1, -0.05) is 29.3 Å². The molecule has 4 heterocycles. The molecule has 3 aromatic rings. The Morgan fingerprint density at radius 1 is 1.23 bits per heavy atom. The molecule has 0 radical (unpaired) electrons. The Morgan fingerprint density at radius 2 is 2.10 bits per heavy atom. The Bertz CT molecular complexity index is 1140. The van der Waals surface area contributed by atoms with Crippen molar-refractivity contribution in [2.45, 2.75) is 13.1 Å². The quantitative estimate of drug-likeness (QED) is 0.668. The molecule has 30 heavy (non-hydrogen) atoms. The molecule has 2 amide bonds. The van der Waals surface area contributed by atoms with Gasteiger partial charge in [0.2, 0.25) is 11.8 Å². The number of carbonyl (C=O) groups is 2. The van der Waals surface area contributed by atoms with Gasteiger partial charge in [-0.05, 0) is 6.07 Å². The van der Waals surface area contributed by atoms with Crippen LogP contribution in [0.4, 0.5) is 0 Å². The van der Waals surface area contributed by atoms with Gasteiger partial charge in [0.25, 0.3) is 0 Å². The van der Waals surface area contributed by atoms with Crippen molar-refractivity contribution in [1.29, 1.82) is 0 Å². The first kappa shape index (κ1) is 19.4. The lowest BCUT2D eigenvalue weighted by molar-refractivity contribution is -0.149. The first-order valence-corrected chi connectivity index (χ1v) is 10.4. The van der Waals surface area contributed by atoms with E-state index >= 15 is 0 Å². The van der Waals surface area contributed by atoms with E-state index in [2.05, 4.69) is 14.8 Å². The minimum absolute atomic E-state index is 0.0332. The van der Waals surface area contributed by atoms with Gasteiger partial charge in [-0.3, -0.25) is 14.7 Å². The number of nitrogens with one attached hydrogen (secondary N) is 1. The summed E-state index contributed by atoms with van der Waals surface area (Å²) in [7, 11) is 0. The number of aromatic amines is 1. The van der Waals surface area contributed by atoms with Gasteiger partial charge >= 0.3 is 0 Å². The molecule has 0 bridgehead atoms. The van der Waals surface area contributed by atoms with Crippen molar-refractivity contribution in [3.63, 3.8) is 0 Å². The summed E-state index contributed by atoms with van der Waals surface area (Å²) in [4.78, 5) is 28.3. The van der Waals surface area contributed by atoms with Crippen LogP contribution in [0.5, 0.6) is 0 Å². The monoisotopic (exact) mass is 447 g/mol. The first-order chi connectivity index (χ1) is 14.5. The molecule has 1 N–H and O–H groups in total. The number of amides is 2. The van der Waals surface area contributed by atoms with Gasteiger partial charge in [-0.15, -0.1) is 0 Å². The van der Waals surface area contributed by atoms with E-state index in [1.165, 1.54) is 0 Å². The van der Waals surface area contributed by atoms with Crippen LogP contribution in [0.2, 0.25) is 10.0 Å². The van der Waals surface area contributed by atoms with Crippen LogP contribution in [-0.2, 0) is 27.4 Å². The van der Waals surface area contributed by atoms with Gasteiger partial charge < -0.3 is 19.1 Å². The van der Waals surface area contributed by atoms with E-state index in [1.54, 1.807) is 22.1 Å². The van der Waals surface area contributed by atoms with E-state index in [0.717, 1.165) is 27.7 Å². The van der Waals surface area contributed by atoms with Crippen molar-refractivity contribution < 1.29 is 14.3 Å². The molecule has 1 fully saturated rings. The van der Waals surface area contributed by atoms with Crippen molar-refractivity contribution >= 4 is 45.9 Å². The molecule has 2 aliphatic heterocycles. The van der Waals surface area contributed by atoms with Crippen LogP contribution in [0.25, 0.3) is 22.0 Å². The predicted octanol–water partition coefficient (Wildman–Crippen LogP) is 2.54. The van der Waals surface area contributed by atoms with Crippen LogP contribution < -0.4 is 0 Å². The van der Waals surface area contributed by atoms with Gasteiger partial charge in [0, 0.05) is 48.0 Å². The SMILES string of the molecule is O=C1COCCN1CC(=O)N1CCn2c(c(-c3cn[nH]c3)c3ccc(Cl)c(Cl)c32)C1. The normalized spacial score (nSPS) is 16.9. The van der Waals surface area contributed by atoms with E-state index in [4.69, 9.17) is 27.9 Å². The average Bonchev–Trinajstić information content (AvgIpc) is 3.37. The van der Waals surface area contributed by atoms with Crippen LogP contribution in [0.1, 0.15) is 5.69 Å². The third-order valence-electron chi connectivity index (χ3n) is 5.71. The van der Waals surface area contributed by atoms with Crippen molar-refractivity contribution in [3.8, 4) is 11.1 Å². The zero-order valence-electron chi connectivity index (χ0n) is 16.0. The number of morpholine rings is 1. The zero-order chi connectivity index (χ0) is 20.8. The second-order valence-corrected chi connectivity index (χ2v) is 8.19. The maximum Gasteiger partial charge on any atom is 0.249 e. The largest absolute Gasteiger partial charge is 0.370 e. The predicted molar refractivity (Wildman–Crippen MR) is 112 cm³/mol. The summed E-state index contributed by atoms with van der Waals surface area (Å²) in [6.45, 7) is 2.53. The van der Waals surface area contributed by atoms with Crippen molar-refractivity contribution in [1.82, 2.24) is 24.6 Å². The highest BCUT2D eigenvalue weighted by molar-refractivity contribution is 6.45. The lowest BCUT2D eigenvalue weighted by Gasteiger charge is -2.33. The Balaban J connectivity index is 1.52. The number of hydrogen-bond acceptors (Lipinski definition) is 4. The highest BCUT2D eigenvalue weighted by Crippen LogP contribution is 2.42. The maximum atomic E-state index is 13.0. The zero-order valence-corrected chi connectivity index (χ0v) is 17.5. The van der Waals surface area contributed by atoms with Crippen LogP contribution in [0.3, 0.4) is 0 Å². The molecule has 5 rings (SSSR count). The number of aromatic nitrogens is 3. The van der Waals surface area contributed by atoms with Crippen LogP contribution in [-0.4, -0.2) is 69.2 Å². The van der Waals surface area contributed by atoms with Crippen molar-refractivity contribution in [2.24, 2.45) is 0 Å². The van der Waals surface area contributed by atoms with Gasteiger partial charge in [0.05, 0.1) is 41.5 Å². The lowest BCUT2D eigenvalue weighted by Crippen LogP contribution is -2.49. The average molecular weight is 448 g/mol. The fourth-order valence-corrected chi connectivity index (χ4v) is 4.65. The molecule has 1 aromatic carbocycles. The third kappa shape index (κ3) is 3.15. The molecule has 0 spiro atoms. The fourth-order valence-electron chi connectivity index (χ4n) is 4.23. The second-order valence-electron chi connectivity index (χ2n) is 7.40.